The number of hydrogen-bond donors (Lipinski definition) is 3. The molecule has 1 aliphatic heterocycles. The zero-order valence-electron chi connectivity index (χ0n) is 20.7. The Morgan fingerprint density at radius 3 is 2.35 bits per heavy atom. The van der Waals surface area contributed by atoms with Crippen molar-refractivity contribution in [3.8, 4) is 0 Å². The van der Waals surface area contributed by atoms with Gasteiger partial charge in [0.2, 0.25) is 5.91 Å². The summed E-state index contributed by atoms with van der Waals surface area (Å²) in [6.45, 7) is 0.885. The van der Waals surface area contributed by atoms with Crippen LogP contribution in [-0.4, -0.2) is 47.2 Å². The largest absolute Gasteiger partial charge is 0.481 e. The molecule has 8 nitrogen and oxygen atoms in total. The zero-order valence-corrected chi connectivity index (χ0v) is 20.7. The Labute approximate surface area is 215 Å². The number of carboxylic acids is 1. The molecule has 1 heterocycles. The topological polar surface area (TPSA) is 128 Å². The number of amides is 2. The van der Waals surface area contributed by atoms with Crippen molar-refractivity contribution in [2.45, 2.75) is 25.8 Å². The van der Waals surface area contributed by atoms with Gasteiger partial charge in [0.25, 0.3) is 5.91 Å². The SMILES string of the molecule is CN(C(=O)c1ccc(C(=N)N)cc1)c1ccc2c(c1)CC(CC(=O)O)C(=O)N(CCc1ccccc1)C2. The van der Waals surface area contributed by atoms with Gasteiger partial charge in [-0.25, -0.2) is 0 Å². The molecule has 8 heteroatoms. The van der Waals surface area contributed by atoms with Crippen molar-refractivity contribution in [2.24, 2.45) is 11.7 Å². The van der Waals surface area contributed by atoms with Crippen LogP contribution in [-0.2, 0) is 29.0 Å². The molecule has 0 radical (unpaired) electrons. The van der Waals surface area contributed by atoms with Crippen molar-refractivity contribution >= 4 is 29.3 Å². The molecule has 0 aliphatic carbocycles. The number of nitrogens with zero attached hydrogens (tertiary/aromatic N) is 2. The van der Waals surface area contributed by atoms with E-state index in [9.17, 15) is 19.5 Å². The number of carboxylic acid groups (broad SMARTS) is 1. The Morgan fingerprint density at radius 2 is 1.70 bits per heavy atom. The van der Waals surface area contributed by atoms with Gasteiger partial charge in [0, 0.05) is 37.0 Å². The highest BCUT2D eigenvalue weighted by Crippen LogP contribution is 2.29. The molecule has 37 heavy (non-hydrogen) atoms. The summed E-state index contributed by atoms with van der Waals surface area (Å²) < 4.78 is 0. The maximum atomic E-state index is 13.3. The van der Waals surface area contributed by atoms with E-state index in [1.165, 1.54) is 4.90 Å². The monoisotopic (exact) mass is 498 g/mol. The molecular weight excluding hydrogens is 468 g/mol. The molecule has 3 aromatic carbocycles. The van der Waals surface area contributed by atoms with Gasteiger partial charge in [-0.2, -0.15) is 0 Å². The highest BCUT2D eigenvalue weighted by Gasteiger charge is 2.31. The molecule has 1 unspecified atom stereocenters. The van der Waals surface area contributed by atoms with Gasteiger partial charge >= 0.3 is 5.97 Å². The normalized spacial score (nSPS) is 15.0. The minimum atomic E-state index is -1.01. The van der Waals surface area contributed by atoms with E-state index in [-0.39, 0.29) is 24.1 Å². The number of nitrogen functional groups attached to an aromatic ring is 1. The van der Waals surface area contributed by atoms with Crippen LogP contribution in [0.25, 0.3) is 0 Å². The molecule has 0 bridgehead atoms. The number of fused-ring (bicyclic) bond motifs is 1. The zero-order chi connectivity index (χ0) is 26.5. The Morgan fingerprint density at radius 1 is 1.03 bits per heavy atom. The van der Waals surface area contributed by atoms with E-state index in [0.717, 1.165) is 16.7 Å². The average Bonchev–Trinajstić information content (AvgIpc) is 3.02. The third kappa shape index (κ3) is 6.03. The number of aliphatic carboxylic acids is 1. The number of benzene rings is 3. The predicted molar refractivity (Wildman–Crippen MR) is 142 cm³/mol. The van der Waals surface area contributed by atoms with Gasteiger partial charge in [-0.3, -0.25) is 19.8 Å². The Kier molecular flexibility index (Phi) is 7.67. The lowest BCUT2D eigenvalue weighted by Gasteiger charge is -2.24. The highest BCUT2D eigenvalue weighted by atomic mass is 16.4. The van der Waals surface area contributed by atoms with Crippen molar-refractivity contribution in [2.75, 3.05) is 18.5 Å². The van der Waals surface area contributed by atoms with Gasteiger partial charge in [-0.05, 0) is 53.8 Å². The van der Waals surface area contributed by atoms with E-state index in [1.54, 1.807) is 36.2 Å². The number of hydrogen-bond acceptors (Lipinski definition) is 4. The van der Waals surface area contributed by atoms with Crippen LogP contribution in [0.2, 0.25) is 0 Å². The maximum Gasteiger partial charge on any atom is 0.304 e. The van der Waals surface area contributed by atoms with Gasteiger partial charge < -0.3 is 20.6 Å². The molecule has 4 N–H and O–H groups in total. The van der Waals surface area contributed by atoms with E-state index < -0.39 is 11.9 Å². The van der Waals surface area contributed by atoms with E-state index in [0.29, 0.717) is 42.7 Å². The minimum absolute atomic E-state index is 0.0682. The quantitative estimate of drug-likeness (QED) is 0.324. The first kappa shape index (κ1) is 25.6. The van der Waals surface area contributed by atoms with Gasteiger partial charge in [0.1, 0.15) is 5.84 Å². The van der Waals surface area contributed by atoms with Crippen LogP contribution in [0.15, 0.2) is 72.8 Å². The Balaban J connectivity index is 1.58. The van der Waals surface area contributed by atoms with Crippen LogP contribution < -0.4 is 10.6 Å². The fourth-order valence-electron chi connectivity index (χ4n) is 4.63. The van der Waals surface area contributed by atoms with E-state index in [1.807, 2.05) is 48.5 Å². The second kappa shape index (κ2) is 11.1. The standard InChI is InChI=1S/C29H30N4O4/c1-32(28(36)21-9-7-20(8-10-21)27(30)31)25-12-11-22-18-33(14-13-19-5-3-2-4-6-19)29(37)24(17-26(34)35)15-23(22)16-25/h2-12,16,24H,13-15,17-18H2,1H3,(H3,30,31)(H,34,35). The van der Waals surface area contributed by atoms with Crippen LogP contribution >= 0.6 is 0 Å². The summed E-state index contributed by atoms with van der Waals surface area (Å²) in [5.74, 6) is -2.15. The number of carbonyl (C=O) groups excluding carboxylic acids is 2. The van der Waals surface area contributed by atoms with Crippen LogP contribution in [0.3, 0.4) is 0 Å². The summed E-state index contributed by atoms with van der Waals surface area (Å²) >= 11 is 0. The van der Waals surface area contributed by atoms with Crippen molar-refractivity contribution in [3.63, 3.8) is 0 Å². The number of anilines is 1. The first-order valence-corrected chi connectivity index (χ1v) is 12.1. The molecule has 0 fully saturated rings. The van der Waals surface area contributed by atoms with Crippen LogP contribution in [0.5, 0.6) is 0 Å². The minimum Gasteiger partial charge on any atom is -0.481 e. The first-order chi connectivity index (χ1) is 17.7. The van der Waals surface area contributed by atoms with Gasteiger partial charge in [0.05, 0.1) is 12.3 Å². The molecule has 0 saturated carbocycles. The summed E-state index contributed by atoms with van der Waals surface area (Å²) in [5.41, 5.74) is 10.1. The first-order valence-electron chi connectivity index (χ1n) is 12.1. The number of rotatable bonds is 8. The van der Waals surface area contributed by atoms with Crippen molar-refractivity contribution in [3.05, 3.63) is 101 Å². The second-order valence-corrected chi connectivity index (χ2v) is 9.30. The van der Waals surface area contributed by atoms with E-state index in [4.69, 9.17) is 11.1 Å². The number of nitrogens with one attached hydrogen (secondary N) is 1. The van der Waals surface area contributed by atoms with Crippen molar-refractivity contribution < 1.29 is 19.5 Å². The van der Waals surface area contributed by atoms with Gasteiger partial charge in [0.15, 0.2) is 0 Å². The van der Waals surface area contributed by atoms with E-state index >= 15 is 0 Å². The number of nitrogens with two attached hydrogens (primary N) is 1. The summed E-state index contributed by atoms with van der Waals surface area (Å²) in [5, 5.41) is 17.0. The van der Waals surface area contributed by atoms with Crippen LogP contribution in [0, 0.1) is 11.3 Å². The van der Waals surface area contributed by atoms with Crippen LogP contribution in [0.1, 0.15) is 39.0 Å². The van der Waals surface area contributed by atoms with Crippen molar-refractivity contribution in [1.29, 1.82) is 5.41 Å². The Bertz CT molecular complexity index is 1320. The molecular formula is C29H30N4O4. The fourth-order valence-corrected chi connectivity index (χ4v) is 4.63. The number of amidine groups is 1. The molecule has 0 saturated heterocycles. The molecule has 4 rings (SSSR count). The van der Waals surface area contributed by atoms with Crippen LogP contribution in [0.4, 0.5) is 5.69 Å². The smallest absolute Gasteiger partial charge is 0.304 e. The molecule has 0 aromatic heterocycles. The summed E-state index contributed by atoms with van der Waals surface area (Å²) in [4.78, 5) is 41.3. The number of carbonyl (C=O) groups is 3. The third-order valence-corrected chi connectivity index (χ3v) is 6.75. The highest BCUT2D eigenvalue weighted by molar-refractivity contribution is 6.06. The predicted octanol–water partition coefficient (Wildman–Crippen LogP) is 3.47. The lowest BCUT2D eigenvalue weighted by Crippen LogP contribution is -2.37. The molecule has 190 valence electrons. The molecule has 1 atom stereocenters. The maximum absolute atomic E-state index is 13.3. The lowest BCUT2D eigenvalue weighted by molar-refractivity contribution is -0.144. The van der Waals surface area contributed by atoms with Gasteiger partial charge in [-0.1, -0.05) is 48.5 Å². The summed E-state index contributed by atoms with van der Waals surface area (Å²) in [7, 11) is 1.67. The average molecular weight is 499 g/mol. The third-order valence-electron chi connectivity index (χ3n) is 6.75. The Hall–Kier alpha value is -4.46. The van der Waals surface area contributed by atoms with Crippen molar-refractivity contribution in [1.82, 2.24) is 4.90 Å². The van der Waals surface area contributed by atoms with Gasteiger partial charge in [-0.15, -0.1) is 0 Å². The summed E-state index contributed by atoms with van der Waals surface area (Å²) in [6.07, 6.45) is 0.729. The molecule has 2 amide bonds. The fraction of sp³-hybridized carbons (Fsp3) is 0.241. The molecule has 3 aromatic rings. The molecule has 0 spiro atoms. The summed E-state index contributed by atoms with van der Waals surface area (Å²) in [6, 6.07) is 22.0. The van der Waals surface area contributed by atoms with E-state index in [2.05, 4.69) is 0 Å². The lowest BCUT2D eigenvalue weighted by atomic mass is 9.93. The molecule has 1 aliphatic rings. The second-order valence-electron chi connectivity index (χ2n) is 9.30.